The van der Waals surface area contributed by atoms with Crippen molar-refractivity contribution in [1.82, 2.24) is 0 Å². The molecule has 0 aliphatic carbocycles. The first-order valence-electron chi connectivity index (χ1n) is 7.46. The highest BCUT2D eigenvalue weighted by atomic mass is 19.1. The Kier molecular flexibility index (Phi) is 12.4. The number of nitro benzene ring substituents is 2. The molecular weight excluding hydrogens is 367 g/mol. The number of aliphatic hydroxyl groups is 3. The lowest BCUT2D eigenvalue weighted by Crippen LogP contribution is -2.03. The molecule has 2 rings (SSSR count). The molecule has 10 nitrogen and oxygen atoms in total. The van der Waals surface area contributed by atoms with Crippen molar-refractivity contribution in [1.29, 1.82) is 0 Å². The van der Waals surface area contributed by atoms with Crippen molar-refractivity contribution in [2.75, 3.05) is 26.4 Å². The minimum Gasteiger partial charge on any atom is -0.484 e. The molecular formula is C16H19FN2O8. The Morgan fingerprint density at radius 3 is 1.70 bits per heavy atom. The van der Waals surface area contributed by atoms with Gasteiger partial charge in [-0.15, -0.1) is 0 Å². The normalized spacial score (nSPS) is 9.19. The van der Waals surface area contributed by atoms with Crippen LogP contribution in [0, 0.1) is 26.0 Å². The smallest absolute Gasteiger partial charge is 0.310 e. The van der Waals surface area contributed by atoms with Gasteiger partial charge in [-0.2, -0.15) is 4.39 Å². The van der Waals surface area contributed by atoms with E-state index >= 15 is 0 Å². The van der Waals surface area contributed by atoms with E-state index in [4.69, 9.17) is 20.1 Å². The maximum atomic E-state index is 12.4. The Hall–Kier alpha value is -3.15. The van der Waals surface area contributed by atoms with E-state index < -0.39 is 21.4 Å². The fraction of sp³-hybridized carbons (Fsp3) is 0.250. The molecule has 3 N–H and O–H groups in total. The van der Waals surface area contributed by atoms with Crippen LogP contribution in [0.25, 0.3) is 0 Å². The first-order valence-corrected chi connectivity index (χ1v) is 7.46. The van der Waals surface area contributed by atoms with Gasteiger partial charge in [0.05, 0.1) is 29.7 Å². The van der Waals surface area contributed by atoms with E-state index in [-0.39, 0.29) is 37.9 Å². The van der Waals surface area contributed by atoms with Gasteiger partial charge in [-0.25, -0.2) is 0 Å². The molecule has 0 aromatic heterocycles. The average Bonchev–Trinajstić information content (AvgIpc) is 2.67. The van der Waals surface area contributed by atoms with E-state index in [0.717, 1.165) is 12.1 Å². The fourth-order valence-corrected chi connectivity index (χ4v) is 1.49. The molecule has 0 radical (unpaired) electrons. The molecule has 11 heteroatoms. The summed E-state index contributed by atoms with van der Waals surface area (Å²) < 4.78 is 17.4. The average molecular weight is 386 g/mol. The molecule has 2 aromatic carbocycles. The van der Waals surface area contributed by atoms with Crippen LogP contribution in [0.1, 0.15) is 0 Å². The van der Waals surface area contributed by atoms with Crippen LogP contribution in [0.2, 0.25) is 0 Å². The van der Waals surface area contributed by atoms with E-state index in [1.54, 1.807) is 12.1 Å². The summed E-state index contributed by atoms with van der Waals surface area (Å²) in [5.41, 5.74) is -0.571. The Morgan fingerprint density at radius 2 is 1.30 bits per heavy atom. The molecule has 0 heterocycles. The number of ether oxygens (including phenoxy) is 1. The van der Waals surface area contributed by atoms with Crippen molar-refractivity contribution in [3.8, 4) is 5.75 Å². The van der Waals surface area contributed by atoms with Crippen molar-refractivity contribution in [3.63, 3.8) is 0 Å². The van der Waals surface area contributed by atoms with Gasteiger partial charge in [-0.1, -0.05) is 24.3 Å². The Morgan fingerprint density at radius 1 is 0.815 bits per heavy atom. The first-order chi connectivity index (χ1) is 12.9. The summed E-state index contributed by atoms with van der Waals surface area (Å²) in [6.45, 7) is -0.350. The van der Waals surface area contributed by atoms with Crippen LogP contribution in [-0.4, -0.2) is 51.6 Å². The zero-order valence-electron chi connectivity index (χ0n) is 14.1. The molecule has 0 bridgehead atoms. The highest BCUT2D eigenvalue weighted by Gasteiger charge is 2.12. The Bertz CT molecular complexity index is 712. The quantitative estimate of drug-likeness (QED) is 0.500. The molecule has 2 aromatic rings. The predicted octanol–water partition coefficient (Wildman–Crippen LogP) is 1.67. The second-order valence-corrected chi connectivity index (χ2v) is 4.45. The maximum Gasteiger partial charge on any atom is 0.310 e. The number of halogens is 1. The molecule has 0 fully saturated rings. The van der Waals surface area contributed by atoms with Gasteiger partial charge in [0.25, 0.3) is 0 Å². The molecule has 0 aliphatic heterocycles. The van der Waals surface area contributed by atoms with Crippen molar-refractivity contribution in [2.45, 2.75) is 0 Å². The van der Waals surface area contributed by atoms with Gasteiger partial charge >= 0.3 is 11.4 Å². The molecule has 0 unspecified atom stereocenters. The number of rotatable bonds is 6. The van der Waals surface area contributed by atoms with Crippen LogP contribution in [-0.2, 0) is 0 Å². The van der Waals surface area contributed by atoms with Crippen LogP contribution >= 0.6 is 0 Å². The number of aliphatic hydroxyl groups excluding tert-OH is 3. The molecule has 27 heavy (non-hydrogen) atoms. The first kappa shape index (κ1) is 23.9. The van der Waals surface area contributed by atoms with Crippen LogP contribution in [0.3, 0.4) is 0 Å². The van der Waals surface area contributed by atoms with Crippen LogP contribution < -0.4 is 4.74 Å². The van der Waals surface area contributed by atoms with Crippen molar-refractivity contribution >= 4 is 11.4 Å². The minimum atomic E-state index is -0.799. The van der Waals surface area contributed by atoms with Crippen LogP contribution in [0.15, 0.2) is 48.5 Å². The highest BCUT2D eigenvalue weighted by Crippen LogP contribution is 2.25. The van der Waals surface area contributed by atoms with Crippen LogP contribution in [0.5, 0.6) is 5.75 Å². The molecule has 148 valence electrons. The van der Waals surface area contributed by atoms with Gasteiger partial charge in [0.15, 0.2) is 5.75 Å². The molecule has 0 aliphatic rings. The highest BCUT2D eigenvalue weighted by molar-refractivity contribution is 5.45. The summed E-state index contributed by atoms with van der Waals surface area (Å²) in [6.07, 6.45) is 0. The topological polar surface area (TPSA) is 156 Å². The maximum absolute atomic E-state index is 12.4. The monoisotopic (exact) mass is 386 g/mol. The number of hydrogen-bond acceptors (Lipinski definition) is 8. The van der Waals surface area contributed by atoms with Gasteiger partial charge in [-0.3, -0.25) is 20.2 Å². The molecule has 0 saturated carbocycles. The summed E-state index contributed by atoms with van der Waals surface area (Å²) in [6, 6.07) is 11.0. The zero-order chi connectivity index (χ0) is 20.7. The van der Waals surface area contributed by atoms with Crippen molar-refractivity contribution < 1.29 is 34.3 Å². The van der Waals surface area contributed by atoms with Gasteiger partial charge in [-0.05, 0) is 12.1 Å². The third-order valence-electron chi connectivity index (χ3n) is 2.56. The number of nitrogens with zero attached hydrogens (tertiary/aromatic N) is 2. The third-order valence-corrected chi connectivity index (χ3v) is 2.56. The lowest BCUT2D eigenvalue weighted by molar-refractivity contribution is -0.387. The van der Waals surface area contributed by atoms with E-state index in [2.05, 4.69) is 0 Å². The SMILES string of the molecule is O=[N+]([O-])c1ccccc1F.O=[N+]([O-])c1ccccc1OCCO.OCCO. The van der Waals surface area contributed by atoms with Gasteiger partial charge in [0, 0.05) is 12.1 Å². The van der Waals surface area contributed by atoms with Gasteiger partial charge in [0.2, 0.25) is 5.82 Å². The lowest BCUT2D eigenvalue weighted by atomic mass is 10.3. The predicted molar refractivity (Wildman–Crippen MR) is 92.9 cm³/mol. The number of nitro groups is 2. The molecule has 0 amide bonds. The largest absolute Gasteiger partial charge is 0.484 e. The van der Waals surface area contributed by atoms with E-state index in [1.165, 1.54) is 24.3 Å². The van der Waals surface area contributed by atoms with E-state index in [9.17, 15) is 24.6 Å². The minimum absolute atomic E-state index is 0.0604. The Labute approximate surface area is 153 Å². The van der Waals surface area contributed by atoms with Crippen LogP contribution in [0.4, 0.5) is 15.8 Å². The van der Waals surface area contributed by atoms with Crippen molar-refractivity contribution in [2.24, 2.45) is 0 Å². The standard InChI is InChI=1S/C8H9NO4.C6H4FNO2.C2H6O2/c10-5-6-13-8-4-2-1-3-7(8)9(11)12;7-5-3-1-2-4-6(5)8(9)10;3-1-2-4/h1-4,10H,5-6H2;1-4H;3-4H,1-2H2. The number of hydrogen-bond donors (Lipinski definition) is 3. The lowest BCUT2D eigenvalue weighted by Gasteiger charge is -2.03. The number of para-hydroxylation sites is 3. The second-order valence-electron chi connectivity index (χ2n) is 4.45. The Balaban J connectivity index is 0.000000428. The zero-order valence-corrected chi connectivity index (χ0v) is 14.1. The number of benzene rings is 2. The molecule has 0 spiro atoms. The van der Waals surface area contributed by atoms with Crippen molar-refractivity contribution in [3.05, 3.63) is 74.6 Å². The van der Waals surface area contributed by atoms with Gasteiger partial charge < -0.3 is 20.1 Å². The summed E-state index contributed by atoms with van der Waals surface area (Å²) in [5, 5.41) is 44.1. The molecule has 0 saturated heterocycles. The fourth-order valence-electron chi connectivity index (χ4n) is 1.49. The summed E-state index contributed by atoms with van der Waals surface area (Å²) in [7, 11) is 0. The summed E-state index contributed by atoms with van der Waals surface area (Å²) >= 11 is 0. The van der Waals surface area contributed by atoms with E-state index in [0.29, 0.717) is 0 Å². The van der Waals surface area contributed by atoms with E-state index in [1.807, 2.05) is 0 Å². The third kappa shape index (κ3) is 9.79. The summed E-state index contributed by atoms with van der Waals surface area (Å²) in [4.78, 5) is 19.2. The summed E-state index contributed by atoms with van der Waals surface area (Å²) in [5.74, 6) is -0.617. The molecule has 0 atom stereocenters. The van der Waals surface area contributed by atoms with Gasteiger partial charge in [0.1, 0.15) is 6.61 Å². The second kappa shape index (κ2) is 14.1.